The number of hydrogen-bond donors (Lipinski definition) is 1. The van der Waals surface area contributed by atoms with Crippen LogP contribution in [-0.4, -0.2) is 31.3 Å². The van der Waals surface area contributed by atoms with Crippen molar-refractivity contribution in [1.29, 1.82) is 0 Å². The first kappa shape index (κ1) is 11.2. The van der Waals surface area contributed by atoms with E-state index in [1.807, 2.05) is 6.92 Å². The molecule has 17 heavy (non-hydrogen) atoms. The van der Waals surface area contributed by atoms with Crippen LogP contribution in [0.2, 0.25) is 0 Å². The molecule has 2 rings (SSSR count). The molecule has 1 N–H and O–H groups in total. The molecule has 1 aromatic carbocycles. The number of benzene rings is 1. The molecule has 0 bridgehead atoms. The molecule has 2 aromatic rings. The lowest BCUT2D eigenvalue weighted by Gasteiger charge is -2.06. The lowest BCUT2D eigenvalue weighted by atomic mass is 10.1. The van der Waals surface area contributed by atoms with Gasteiger partial charge in [0.2, 0.25) is 0 Å². The monoisotopic (exact) mass is 236 g/mol. The van der Waals surface area contributed by atoms with Crippen molar-refractivity contribution in [1.82, 2.24) is 20.2 Å². The third kappa shape index (κ3) is 1.99. The molecule has 0 spiro atoms. The van der Waals surface area contributed by atoms with Crippen LogP contribution in [0.5, 0.6) is 0 Å². The maximum Gasteiger partial charge on any atom is 0.337 e. The Labute approximate surface area is 95.7 Å². The molecule has 0 aliphatic rings. The van der Waals surface area contributed by atoms with Crippen LogP contribution in [0.4, 0.5) is 4.39 Å². The Morgan fingerprint density at radius 2 is 2.29 bits per heavy atom. The van der Waals surface area contributed by atoms with E-state index in [0.29, 0.717) is 12.2 Å². The fourth-order valence-corrected chi connectivity index (χ4v) is 1.47. The lowest BCUT2D eigenvalue weighted by Crippen LogP contribution is -2.09. The highest BCUT2D eigenvalue weighted by Crippen LogP contribution is 2.16. The minimum atomic E-state index is -1.16. The average Bonchev–Trinajstić information content (AvgIpc) is 2.76. The van der Waals surface area contributed by atoms with Crippen LogP contribution >= 0.6 is 0 Å². The van der Waals surface area contributed by atoms with Gasteiger partial charge in [0, 0.05) is 12.5 Å². The molecule has 0 radical (unpaired) electrons. The molecular formula is C10H9FN4O2. The van der Waals surface area contributed by atoms with E-state index in [9.17, 15) is 9.18 Å². The van der Waals surface area contributed by atoms with Crippen LogP contribution in [0.1, 0.15) is 23.1 Å². The number of nitrogens with zero attached hydrogens (tertiary/aromatic N) is 4. The van der Waals surface area contributed by atoms with Crippen molar-refractivity contribution in [2.24, 2.45) is 0 Å². The van der Waals surface area contributed by atoms with E-state index in [1.54, 1.807) is 0 Å². The normalized spacial score (nSPS) is 10.5. The van der Waals surface area contributed by atoms with Crippen molar-refractivity contribution in [3.8, 4) is 5.69 Å². The van der Waals surface area contributed by atoms with Crippen LogP contribution in [-0.2, 0) is 6.42 Å². The van der Waals surface area contributed by atoms with Gasteiger partial charge in [-0.3, -0.25) is 0 Å². The van der Waals surface area contributed by atoms with E-state index in [2.05, 4.69) is 15.5 Å². The maximum absolute atomic E-state index is 13.2. The summed E-state index contributed by atoms with van der Waals surface area (Å²) in [5.41, 5.74) is 0.0766. The summed E-state index contributed by atoms with van der Waals surface area (Å²) in [6.07, 6.45) is 0.516. The van der Waals surface area contributed by atoms with Gasteiger partial charge in [-0.15, -0.1) is 5.10 Å². The van der Waals surface area contributed by atoms with Crippen molar-refractivity contribution < 1.29 is 14.3 Å². The number of rotatable bonds is 3. The van der Waals surface area contributed by atoms with Crippen molar-refractivity contribution >= 4 is 5.97 Å². The van der Waals surface area contributed by atoms with Gasteiger partial charge in [-0.1, -0.05) is 6.92 Å². The van der Waals surface area contributed by atoms with Gasteiger partial charge < -0.3 is 5.11 Å². The van der Waals surface area contributed by atoms with Gasteiger partial charge in [-0.2, -0.15) is 4.68 Å². The summed E-state index contributed by atoms with van der Waals surface area (Å²) >= 11 is 0. The number of aromatic nitrogens is 4. The van der Waals surface area contributed by atoms with Crippen LogP contribution < -0.4 is 0 Å². The third-order valence-electron chi connectivity index (χ3n) is 2.27. The Balaban J connectivity index is 2.65. The van der Waals surface area contributed by atoms with Crippen LogP contribution in [0.3, 0.4) is 0 Å². The number of tetrazole rings is 1. The molecule has 0 aliphatic carbocycles. The highest BCUT2D eigenvalue weighted by Gasteiger charge is 2.16. The van der Waals surface area contributed by atoms with Gasteiger partial charge in [0.05, 0.1) is 11.3 Å². The minimum Gasteiger partial charge on any atom is -0.478 e. The number of aromatic carboxylic acids is 1. The Kier molecular flexibility index (Phi) is 2.82. The third-order valence-corrected chi connectivity index (χ3v) is 2.27. The van der Waals surface area contributed by atoms with Gasteiger partial charge in [0.1, 0.15) is 5.82 Å². The predicted octanol–water partition coefficient (Wildman–Crippen LogP) is 1.06. The van der Waals surface area contributed by atoms with E-state index in [4.69, 9.17) is 5.11 Å². The molecule has 0 atom stereocenters. The summed E-state index contributed by atoms with van der Waals surface area (Å²) in [5.74, 6) is -1.22. The Morgan fingerprint density at radius 1 is 1.53 bits per heavy atom. The second-order valence-electron chi connectivity index (χ2n) is 3.33. The minimum absolute atomic E-state index is 0.0478. The molecule has 0 fully saturated rings. The van der Waals surface area contributed by atoms with Gasteiger partial charge in [-0.05, 0) is 22.6 Å². The molecule has 7 heteroatoms. The van der Waals surface area contributed by atoms with E-state index in [0.717, 1.165) is 12.1 Å². The Hall–Kier alpha value is -2.31. The highest BCUT2D eigenvalue weighted by molar-refractivity contribution is 5.91. The number of carbonyl (C=O) groups is 1. The first-order chi connectivity index (χ1) is 8.13. The van der Waals surface area contributed by atoms with E-state index < -0.39 is 11.8 Å². The first-order valence-electron chi connectivity index (χ1n) is 4.94. The summed E-state index contributed by atoms with van der Waals surface area (Å²) in [6, 6.07) is 3.37. The quantitative estimate of drug-likeness (QED) is 0.861. The summed E-state index contributed by atoms with van der Waals surface area (Å²) < 4.78 is 14.4. The van der Waals surface area contributed by atoms with Crippen molar-refractivity contribution in [2.45, 2.75) is 13.3 Å². The number of halogens is 1. The molecule has 0 saturated heterocycles. The SMILES string of the molecule is CCc1nnnn1-c1cc(F)ccc1C(=O)O. The zero-order valence-electron chi connectivity index (χ0n) is 8.96. The number of carboxylic acids is 1. The molecular weight excluding hydrogens is 227 g/mol. The van der Waals surface area contributed by atoms with Crippen LogP contribution in [0, 0.1) is 5.82 Å². The number of carboxylic acid groups (broad SMARTS) is 1. The molecule has 6 nitrogen and oxygen atoms in total. The van der Waals surface area contributed by atoms with Crippen molar-refractivity contribution in [2.75, 3.05) is 0 Å². The summed E-state index contributed by atoms with van der Waals surface area (Å²) in [6.45, 7) is 1.82. The fourth-order valence-electron chi connectivity index (χ4n) is 1.47. The van der Waals surface area contributed by atoms with E-state index in [-0.39, 0.29) is 11.3 Å². The van der Waals surface area contributed by atoms with E-state index in [1.165, 1.54) is 10.7 Å². The number of hydrogen-bond acceptors (Lipinski definition) is 4. The van der Waals surface area contributed by atoms with Crippen molar-refractivity contribution in [3.05, 3.63) is 35.4 Å². The topological polar surface area (TPSA) is 80.9 Å². The predicted molar refractivity (Wildman–Crippen MR) is 55.4 cm³/mol. The van der Waals surface area contributed by atoms with Crippen LogP contribution in [0.25, 0.3) is 5.69 Å². The number of aryl methyl sites for hydroxylation is 1. The lowest BCUT2D eigenvalue weighted by molar-refractivity contribution is 0.0696. The zero-order chi connectivity index (χ0) is 12.4. The largest absolute Gasteiger partial charge is 0.478 e. The Bertz CT molecular complexity index is 567. The van der Waals surface area contributed by atoms with Gasteiger partial charge in [0.15, 0.2) is 5.82 Å². The maximum atomic E-state index is 13.2. The Morgan fingerprint density at radius 3 is 2.94 bits per heavy atom. The second-order valence-corrected chi connectivity index (χ2v) is 3.33. The fraction of sp³-hybridized carbons (Fsp3) is 0.200. The average molecular weight is 236 g/mol. The molecule has 0 unspecified atom stereocenters. The van der Waals surface area contributed by atoms with Gasteiger partial charge in [-0.25, -0.2) is 9.18 Å². The summed E-state index contributed by atoms with van der Waals surface area (Å²) in [5, 5.41) is 19.9. The molecule has 0 saturated carbocycles. The smallest absolute Gasteiger partial charge is 0.337 e. The van der Waals surface area contributed by atoms with Gasteiger partial charge in [0.25, 0.3) is 0 Å². The van der Waals surface area contributed by atoms with Crippen LogP contribution in [0.15, 0.2) is 18.2 Å². The molecule has 88 valence electrons. The first-order valence-corrected chi connectivity index (χ1v) is 4.94. The highest BCUT2D eigenvalue weighted by atomic mass is 19.1. The standard InChI is InChI=1S/C10H9FN4O2/c1-2-9-12-13-14-15(9)8-5-6(11)3-4-7(8)10(16)17/h3-5H,2H2,1H3,(H,16,17). The summed E-state index contributed by atoms with van der Waals surface area (Å²) in [4.78, 5) is 11.0. The summed E-state index contributed by atoms with van der Waals surface area (Å²) in [7, 11) is 0. The molecule has 1 aromatic heterocycles. The van der Waals surface area contributed by atoms with Gasteiger partial charge >= 0.3 is 5.97 Å². The van der Waals surface area contributed by atoms with E-state index >= 15 is 0 Å². The molecule has 0 amide bonds. The zero-order valence-corrected chi connectivity index (χ0v) is 8.96. The molecule has 0 aliphatic heterocycles. The van der Waals surface area contributed by atoms with Crippen molar-refractivity contribution in [3.63, 3.8) is 0 Å². The second kappa shape index (κ2) is 4.28. The molecule has 1 heterocycles.